The monoisotopic (exact) mass is 650 g/mol. The second-order valence-electron chi connectivity index (χ2n) is 12.0. The molecule has 0 bridgehead atoms. The lowest BCUT2D eigenvalue weighted by atomic mass is 10.00. The highest BCUT2D eigenvalue weighted by atomic mass is 16.4. The van der Waals surface area contributed by atoms with Crippen LogP contribution in [0.4, 0.5) is 28.4 Å². The molecule has 0 spiro atoms. The van der Waals surface area contributed by atoms with E-state index in [1.165, 1.54) is 0 Å². The van der Waals surface area contributed by atoms with Gasteiger partial charge in [0, 0.05) is 52.0 Å². The highest BCUT2D eigenvalue weighted by molar-refractivity contribution is 5.81. The number of pyridine rings is 2. The van der Waals surface area contributed by atoms with E-state index in [1.54, 1.807) is 12.4 Å². The Bertz CT molecular complexity index is 2400. The summed E-state index contributed by atoms with van der Waals surface area (Å²) < 4.78 is 11.9. The van der Waals surface area contributed by atoms with Crippen LogP contribution in [-0.4, -0.2) is 26.0 Å². The summed E-state index contributed by atoms with van der Waals surface area (Å²) >= 11 is 0. The second kappa shape index (κ2) is 12.7. The maximum Gasteiger partial charge on any atom is 0.247 e. The molecule has 4 heterocycles. The maximum atomic E-state index is 5.95. The van der Waals surface area contributed by atoms with Gasteiger partial charge in [0.1, 0.15) is 11.0 Å². The molecule has 4 aromatic heterocycles. The third kappa shape index (κ3) is 5.58. The SMILES string of the molecule is C1=CC(N(c2ccccc2)c2ccc(N(c3ccccc3)c3ccc(-c4nc5cccnc5o4)cc3)cc2)CC=C1c1nc2cccnc2o1. The number of hydrogen-bond donors (Lipinski definition) is 0. The molecule has 0 saturated heterocycles. The lowest BCUT2D eigenvalue weighted by Crippen LogP contribution is -2.30. The van der Waals surface area contributed by atoms with Crippen LogP contribution in [0.5, 0.6) is 0 Å². The summed E-state index contributed by atoms with van der Waals surface area (Å²) in [6, 6.07) is 45.5. The highest BCUT2D eigenvalue weighted by Crippen LogP contribution is 2.39. The maximum absolute atomic E-state index is 5.95. The molecule has 0 saturated carbocycles. The topological polar surface area (TPSA) is 84.3 Å². The van der Waals surface area contributed by atoms with Crippen LogP contribution in [0.2, 0.25) is 0 Å². The summed E-state index contributed by atoms with van der Waals surface area (Å²) in [6.45, 7) is 0. The molecule has 0 radical (unpaired) electrons. The zero-order valence-electron chi connectivity index (χ0n) is 26.9. The van der Waals surface area contributed by atoms with Crippen LogP contribution in [0.1, 0.15) is 12.3 Å². The van der Waals surface area contributed by atoms with Gasteiger partial charge in [-0.2, -0.15) is 0 Å². The van der Waals surface area contributed by atoms with Crippen molar-refractivity contribution in [3.63, 3.8) is 0 Å². The Balaban J connectivity index is 1.02. The summed E-state index contributed by atoms with van der Waals surface area (Å²) in [4.78, 5) is 22.5. The van der Waals surface area contributed by atoms with Crippen LogP contribution in [0.3, 0.4) is 0 Å². The average Bonchev–Trinajstić information content (AvgIpc) is 3.82. The molecule has 50 heavy (non-hydrogen) atoms. The third-order valence-corrected chi connectivity index (χ3v) is 8.80. The molecule has 1 unspecified atom stereocenters. The van der Waals surface area contributed by atoms with Gasteiger partial charge in [0.05, 0.1) is 6.04 Å². The molecule has 240 valence electrons. The number of rotatable bonds is 8. The number of oxazole rings is 2. The minimum atomic E-state index is 0.0920. The van der Waals surface area contributed by atoms with Gasteiger partial charge in [0.2, 0.25) is 23.2 Å². The van der Waals surface area contributed by atoms with Gasteiger partial charge in [-0.05, 0) is 103 Å². The number of allylic oxidation sites excluding steroid dienone is 2. The van der Waals surface area contributed by atoms with E-state index in [9.17, 15) is 0 Å². The summed E-state index contributed by atoms with van der Waals surface area (Å²) in [5, 5.41) is 0. The fraction of sp³-hybridized carbons (Fsp3) is 0.0476. The van der Waals surface area contributed by atoms with Crippen LogP contribution in [0.15, 0.2) is 173 Å². The van der Waals surface area contributed by atoms with Crippen molar-refractivity contribution in [2.24, 2.45) is 0 Å². The van der Waals surface area contributed by atoms with E-state index >= 15 is 0 Å². The first kappa shape index (κ1) is 29.3. The van der Waals surface area contributed by atoms with Crippen molar-refractivity contribution in [1.82, 2.24) is 19.9 Å². The third-order valence-electron chi connectivity index (χ3n) is 8.80. The fourth-order valence-corrected chi connectivity index (χ4v) is 6.41. The Morgan fingerprint density at radius 1 is 0.520 bits per heavy atom. The zero-order chi connectivity index (χ0) is 33.3. The van der Waals surface area contributed by atoms with Crippen LogP contribution in [0.25, 0.3) is 39.5 Å². The number of hydrogen-bond acceptors (Lipinski definition) is 8. The van der Waals surface area contributed by atoms with Crippen molar-refractivity contribution in [2.45, 2.75) is 12.5 Å². The number of fused-ring (bicyclic) bond motifs is 2. The summed E-state index contributed by atoms with van der Waals surface area (Å²) in [5.41, 5.74) is 9.73. The number of anilines is 5. The molecule has 0 N–H and O–H groups in total. The van der Waals surface area contributed by atoms with Gasteiger partial charge >= 0.3 is 0 Å². The molecule has 9 rings (SSSR count). The van der Waals surface area contributed by atoms with Crippen molar-refractivity contribution in [3.05, 3.63) is 170 Å². The Labute approximate surface area is 288 Å². The molecular formula is C42H30N6O2. The summed E-state index contributed by atoms with van der Waals surface area (Å²) in [6.07, 6.45) is 10.7. The number of nitrogens with zero attached hydrogens (tertiary/aromatic N) is 6. The fourth-order valence-electron chi connectivity index (χ4n) is 6.41. The smallest absolute Gasteiger partial charge is 0.247 e. The predicted molar refractivity (Wildman–Crippen MR) is 198 cm³/mol. The lowest BCUT2D eigenvalue weighted by molar-refractivity contribution is 0.574. The molecule has 8 aromatic rings. The number of benzene rings is 4. The van der Waals surface area contributed by atoms with Gasteiger partial charge in [-0.25, -0.2) is 19.9 Å². The molecule has 0 fully saturated rings. The molecule has 0 amide bonds. The van der Waals surface area contributed by atoms with E-state index < -0.39 is 0 Å². The van der Waals surface area contributed by atoms with Crippen molar-refractivity contribution >= 4 is 56.5 Å². The molecule has 0 aliphatic heterocycles. The first-order valence-corrected chi connectivity index (χ1v) is 16.5. The first-order chi connectivity index (χ1) is 24.8. The van der Waals surface area contributed by atoms with E-state index in [0.29, 0.717) is 23.2 Å². The molecule has 1 atom stereocenters. The standard InChI is InChI=1S/C42H30N6O2/c1-3-9-31(10-4-1)47(33-19-15-29(16-20-33)39-45-37-13-7-27-43-41(37)49-39)35-23-25-36(26-24-35)48(32-11-5-2-6-12-32)34-21-17-30(18-22-34)40-46-38-14-8-28-44-42(38)50-40/h1-21,23-28,34H,22H2. The molecular weight excluding hydrogens is 621 g/mol. The quantitative estimate of drug-likeness (QED) is 0.161. The lowest BCUT2D eigenvalue weighted by Gasteiger charge is -2.33. The Kier molecular flexibility index (Phi) is 7.43. The summed E-state index contributed by atoms with van der Waals surface area (Å²) in [5.74, 6) is 1.13. The van der Waals surface area contributed by atoms with E-state index in [-0.39, 0.29) is 6.04 Å². The molecule has 1 aliphatic rings. The van der Waals surface area contributed by atoms with Crippen molar-refractivity contribution < 1.29 is 8.83 Å². The normalized spacial score (nSPS) is 14.2. The first-order valence-electron chi connectivity index (χ1n) is 16.5. The number of para-hydroxylation sites is 2. The van der Waals surface area contributed by atoms with Crippen LogP contribution in [0, 0.1) is 0 Å². The van der Waals surface area contributed by atoms with Gasteiger partial charge < -0.3 is 18.6 Å². The minimum Gasteiger partial charge on any atom is -0.418 e. The molecule has 1 aliphatic carbocycles. The Morgan fingerprint density at radius 3 is 1.64 bits per heavy atom. The highest BCUT2D eigenvalue weighted by Gasteiger charge is 2.23. The predicted octanol–water partition coefficient (Wildman–Crippen LogP) is 10.4. The van der Waals surface area contributed by atoms with E-state index in [1.807, 2.05) is 48.5 Å². The van der Waals surface area contributed by atoms with Gasteiger partial charge in [0.25, 0.3) is 0 Å². The van der Waals surface area contributed by atoms with Gasteiger partial charge in [-0.1, -0.05) is 54.6 Å². The largest absolute Gasteiger partial charge is 0.418 e. The molecule has 4 aromatic carbocycles. The van der Waals surface area contributed by atoms with Crippen molar-refractivity contribution in [3.8, 4) is 11.5 Å². The van der Waals surface area contributed by atoms with E-state index in [2.05, 4.69) is 133 Å². The van der Waals surface area contributed by atoms with Crippen LogP contribution < -0.4 is 9.80 Å². The Hall–Kier alpha value is -6.80. The van der Waals surface area contributed by atoms with Crippen LogP contribution in [-0.2, 0) is 0 Å². The average molecular weight is 651 g/mol. The van der Waals surface area contributed by atoms with E-state index in [4.69, 9.17) is 8.83 Å². The molecule has 8 nitrogen and oxygen atoms in total. The van der Waals surface area contributed by atoms with E-state index in [0.717, 1.165) is 57.0 Å². The van der Waals surface area contributed by atoms with Gasteiger partial charge in [-0.3, -0.25) is 0 Å². The second-order valence-corrected chi connectivity index (χ2v) is 12.0. The van der Waals surface area contributed by atoms with Crippen molar-refractivity contribution in [2.75, 3.05) is 9.80 Å². The Morgan fingerprint density at radius 2 is 1.04 bits per heavy atom. The van der Waals surface area contributed by atoms with Gasteiger partial charge in [0.15, 0.2) is 0 Å². The molecule has 8 heteroatoms. The minimum absolute atomic E-state index is 0.0920. The van der Waals surface area contributed by atoms with Crippen molar-refractivity contribution in [1.29, 1.82) is 0 Å². The summed E-state index contributed by atoms with van der Waals surface area (Å²) in [7, 11) is 0. The van der Waals surface area contributed by atoms with Crippen LogP contribution >= 0.6 is 0 Å². The van der Waals surface area contributed by atoms with Gasteiger partial charge in [-0.15, -0.1) is 0 Å². The zero-order valence-corrected chi connectivity index (χ0v) is 26.9. The number of aromatic nitrogens is 4.